The van der Waals surface area contributed by atoms with Crippen molar-refractivity contribution in [2.75, 3.05) is 27.7 Å². The minimum atomic E-state index is -0.394. The molecule has 0 spiro atoms. The number of benzene rings is 1. The summed E-state index contributed by atoms with van der Waals surface area (Å²) in [4.78, 5) is 12.3. The van der Waals surface area contributed by atoms with Crippen LogP contribution in [0.4, 0.5) is 0 Å². The van der Waals surface area contributed by atoms with E-state index in [2.05, 4.69) is 28.1 Å². The van der Waals surface area contributed by atoms with E-state index < -0.39 is 5.97 Å². The van der Waals surface area contributed by atoms with Crippen LogP contribution < -0.4 is 0 Å². The first-order chi connectivity index (χ1) is 10.2. The van der Waals surface area contributed by atoms with Gasteiger partial charge in [-0.1, -0.05) is 18.6 Å². The Labute approximate surface area is 132 Å². The largest absolute Gasteiger partial charge is 0.456 e. The van der Waals surface area contributed by atoms with Crippen LogP contribution in [0.25, 0.3) is 11.0 Å². The summed E-state index contributed by atoms with van der Waals surface area (Å²) >= 11 is 0. The lowest BCUT2D eigenvalue weighted by molar-refractivity contribution is -0.874. The monoisotopic (exact) mass is 304 g/mol. The standard InChI is InChI=1S/C18H26NO3/c1-12-7-8-16-15(9-12)10-17(22-16)18(20)21-14(3)13(2)11-19(4,5)6/h7-10,13-14H,11H2,1-6H3/q+1/t13-,14-/m0/s1. The van der Waals surface area contributed by atoms with Gasteiger partial charge in [-0.2, -0.15) is 0 Å². The van der Waals surface area contributed by atoms with Crippen molar-refractivity contribution >= 4 is 16.9 Å². The molecule has 0 radical (unpaired) electrons. The number of nitrogens with zero attached hydrogens (tertiary/aromatic N) is 1. The van der Waals surface area contributed by atoms with Crippen molar-refractivity contribution in [1.82, 2.24) is 0 Å². The Morgan fingerprint density at radius 1 is 1.23 bits per heavy atom. The molecule has 0 amide bonds. The molecule has 0 aliphatic heterocycles. The lowest BCUT2D eigenvalue weighted by Gasteiger charge is -2.30. The first kappa shape index (κ1) is 16.6. The van der Waals surface area contributed by atoms with Crippen molar-refractivity contribution in [2.45, 2.75) is 26.9 Å². The zero-order valence-electron chi connectivity index (χ0n) is 14.3. The molecule has 0 saturated carbocycles. The van der Waals surface area contributed by atoms with Gasteiger partial charge in [-0.05, 0) is 32.0 Å². The molecular formula is C18H26NO3+. The molecule has 0 aliphatic carbocycles. The molecule has 1 heterocycles. The number of carbonyl (C=O) groups excluding carboxylic acids is 1. The molecule has 22 heavy (non-hydrogen) atoms. The third-order valence-electron chi connectivity index (χ3n) is 3.80. The highest BCUT2D eigenvalue weighted by molar-refractivity contribution is 5.92. The van der Waals surface area contributed by atoms with Gasteiger partial charge in [0.2, 0.25) is 5.76 Å². The fraction of sp³-hybridized carbons (Fsp3) is 0.500. The Kier molecular flexibility index (Phi) is 4.61. The molecule has 0 fully saturated rings. The van der Waals surface area contributed by atoms with Crippen molar-refractivity contribution in [2.24, 2.45) is 5.92 Å². The summed E-state index contributed by atoms with van der Waals surface area (Å²) in [6, 6.07) is 7.60. The average molecular weight is 304 g/mol. The van der Waals surface area contributed by atoms with Gasteiger partial charge in [0.1, 0.15) is 11.7 Å². The van der Waals surface area contributed by atoms with Crippen molar-refractivity contribution in [3.63, 3.8) is 0 Å². The molecule has 4 nitrogen and oxygen atoms in total. The van der Waals surface area contributed by atoms with E-state index in [0.717, 1.165) is 22.0 Å². The van der Waals surface area contributed by atoms with E-state index in [9.17, 15) is 4.79 Å². The van der Waals surface area contributed by atoms with Crippen LogP contribution in [0.15, 0.2) is 28.7 Å². The maximum Gasteiger partial charge on any atom is 0.374 e. The molecule has 0 saturated heterocycles. The van der Waals surface area contributed by atoms with Gasteiger partial charge in [0.25, 0.3) is 0 Å². The number of fused-ring (bicyclic) bond motifs is 1. The van der Waals surface area contributed by atoms with Crippen LogP contribution >= 0.6 is 0 Å². The van der Waals surface area contributed by atoms with Gasteiger partial charge in [-0.15, -0.1) is 0 Å². The normalized spacial score (nSPS) is 14.8. The lowest BCUT2D eigenvalue weighted by Crippen LogP contribution is -2.42. The number of quaternary nitrogens is 1. The SMILES string of the molecule is Cc1ccc2oc(C(=O)O[C@@H](C)[C@@H](C)C[N+](C)(C)C)cc2c1. The Morgan fingerprint density at radius 2 is 1.91 bits per heavy atom. The van der Waals surface area contributed by atoms with Gasteiger partial charge in [-0.3, -0.25) is 0 Å². The summed E-state index contributed by atoms with van der Waals surface area (Å²) in [7, 11) is 6.39. The van der Waals surface area contributed by atoms with E-state index in [1.54, 1.807) is 6.07 Å². The minimum absolute atomic E-state index is 0.153. The molecule has 1 aromatic heterocycles. The third kappa shape index (κ3) is 4.10. The number of aryl methyl sites for hydroxylation is 1. The second-order valence-corrected chi connectivity index (χ2v) is 7.21. The maximum absolute atomic E-state index is 12.3. The zero-order chi connectivity index (χ0) is 16.5. The number of rotatable bonds is 5. The minimum Gasteiger partial charge on any atom is -0.456 e. The lowest BCUT2D eigenvalue weighted by atomic mass is 10.1. The first-order valence-electron chi connectivity index (χ1n) is 7.67. The van der Waals surface area contributed by atoms with Crippen molar-refractivity contribution in [3.8, 4) is 0 Å². The Bertz CT molecular complexity index is 667. The number of carbonyl (C=O) groups is 1. The van der Waals surface area contributed by atoms with E-state index in [-0.39, 0.29) is 17.8 Å². The highest BCUT2D eigenvalue weighted by Gasteiger charge is 2.24. The maximum atomic E-state index is 12.3. The van der Waals surface area contributed by atoms with Crippen LogP contribution in [-0.4, -0.2) is 44.2 Å². The topological polar surface area (TPSA) is 39.4 Å². The summed E-state index contributed by atoms with van der Waals surface area (Å²) in [5.74, 6) is 0.148. The predicted molar refractivity (Wildman–Crippen MR) is 87.9 cm³/mol. The molecule has 4 heteroatoms. The van der Waals surface area contributed by atoms with E-state index in [1.165, 1.54) is 0 Å². The van der Waals surface area contributed by atoms with Gasteiger partial charge in [0.15, 0.2) is 0 Å². The summed E-state index contributed by atoms with van der Waals surface area (Å²) in [5.41, 5.74) is 1.85. The van der Waals surface area contributed by atoms with Crippen molar-refractivity contribution in [3.05, 3.63) is 35.6 Å². The Hall–Kier alpha value is -1.81. The van der Waals surface area contributed by atoms with Crippen LogP contribution in [0.2, 0.25) is 0 Å². The molecule has 0 N–H and O–H groups in total. The van der Waals surface area contributed by atoms with E-state index >= 15 is 0 Å². The fourth-order valence-electron chi connectivity index (χ4n) is 2.62. The first-order valence-corrected chi connectivity index (χ1v) is 7.67. The third-order valence-corrected chi connectivity index (χ3v) is 3.80. The van der Waals surface area contributed by atoms with Gasteiger partial charge < -0.3 is 13.6 Å². The number of hydrogen-bond donors (Lipinski definition) is 0. The van der Waals surface area contributed by atoms with Gasteiger partial charge in [0.05, 0.1) is 27.7 Å². The highest BCUT2D eigenvalue weighted by Crippen LogP contribution is 2.22. The fourth-order valence-corrected chi connectivity index (χ4v) is 2.62. The summed E-state index contributed by atoms with van der Waals surface area (Å²) in [6.07, 6.45) is -0.153. The summed E-state index contributed by atoms with van der Waals surface area (Å²) < 4.78 is 12.0. The number of furan rings is 1. The van der Waals surface area contributed by atoms with Crippen LogP contribution in [0, 0.1) is 12.8 Å². The zero-order valence-corrected chi connectivity index (χ0v) is 14.3. The molecule has 2 atom stereocenters. The molecule has 0 aliphatic rings. The van der Waals surface area contributed by atoms with E-state index in [4.69, 9.17) is 9.15 Å². The molecule has 2 aromatic rings. The molecular weight excluding hydrogens is 278 g/mol. The molecule has 0 unspecified atom stereocenters. The smallest absolute Gasteiger partial charge is 0.374 e. The number of hydrogen-bond acceptors (Lipinski definition) is 3. The second kappa shape index (κ2) is 6.13. The molecule has 2 rings (SSSR count). The molecule has 1 aromatic carbocycles. The Morgan fingerprint density at radius 3 is 2.55 bits per heavy atom. The van der Waals surface area contributed by atoms with Crippen LogP contribution in [0.1, 0.15) is 30.0 Å². The molecule has 0 bridgehead atoms. The summed E-state index contributed by atoms with van der Waals surface area (Å²) in [5, 5.41) is 0.930. The van der Waals surface area contributed by atoms with E-state index in [0.29, 0.717) is 5.58 Å². The van der Waals surface area contributed by atoms with E-state index in [1.807, 2.05) is 32.0 Å². The molecule has 120 valence electrons. The van der Waals surface area contributed by atoms with Gasteiger partial charge in [0, 0.05) is 11.3 Å². The average Bonchev–Trinajstić information content (AvgIpc) is 2.79. The van der Waals surface area contributed by atoms with Crippen LogP contribution in [0.5, 0.6) is 0 Å². The number of esters is 1. The summed E-state index contributed by atoms with van der Waals surface area (Å²) in [6.45, 7) is 6.99. The van der Waals surface area contributed by atoms with Gasteiger partial charge in [-0.25, -0.2) is 4.79 Å². The van der Waals surface area contributed by atoms with Gasteiger partial charge >= 0.3 is 5.97 Å². The van der Waals surface area contributed by atoms with Crippen molar-refractivity contribution in [1.29, 1.82) is 0 Å². The van der Waals surface area contributed by atoms with Crippen LogP contribution in [-0.2, 0) is 4.74 Å². The van der Waals surface area contributed by atoms with Crippen LogP contribution in [0.3, 0.4) is 0 Å². The second-order valence-electron chi connectivity index (χ2n) is 7.21. The predicted octanol–water partition coefficient (Wildman–Crippen LogP) is 3.63. The Balaban J connectivity index is 2.07. The quantitative estimate of drug-likeness (QED) is 0.625. The van der Waals surface area contributed by atoms with Crippen molar-refractivity contribution < 1.29 is 18.4 Å². The number of ether oxygens (including phenoxy) is 1. The highest BCUT2D eigenvalue weighted by atomic mass is 16.6.